The number of carbonyl (C=O) groups excluding carboxylic acids is 1. The molecule has 2 bridgehead atoms. The number of Topliss-reactive ketones (excluding diaryl/α,β-unsaturated/α-hetero) is 1. The maximum atomic E-state index is 13.1. The van der Waals surface area contributed by atoms with Crippen LogP contribution in [-0.2, 0) is 16.6 Å². The van der Waals surface area contributed by atoms with Gasteiger partial charge in [-0.3, -0.25) is 4.79 Å². The first-order chi connectivity index (χ1) is 14.6. The summed E-state index contributed by atoms with van der Waals surface area (Å²) in [6, 6.07) is -1.87. The third kappa shape index (κ3) is 1.27. The summed E-state index contributed by atoms with van der Waals surface area (Å²) in [5, 5.41) is 0. The van der Waals surface area contributed by atoms with Gasteiger partial charge in [-0.05, 0) is 50.3 Å². The molecule has 1 saturated carbocycles. The predicted octanol–water partition coefficient (Wildman–Crippen LogP) is 1.93. The van der Waals surface area contributed by atoms with Crippen LogP contribution in [0.1, 0.15) is 44.1 Å². The van der Waals surface area contributed by atoms with E-state index in [1.165, 1.54) is 4.90 Å². The van der Waals surface area contributed by atoms with Gasteiger partial charge in [0, 0.05) is 28.9 Å². The molecule has 2 fully saturated rings. The van der Waals surface area contributed by atoms with Crippen LogP contribution in [0.3, 0.4) is 0 Å². The van der Waals surface area contributed by atoms with Crippen LogP contribution in [0.4, 0.5) is 0 Å². The molecule has 1 saturated heterocycles. The lowest BCUT2D eigenvalue weighted by molar-refractivity contribution is -0.138. The summed E-state index contributed by atoms with van der Waals surface area (Å²) >= 11 is 0. The number of piperidine rings is 1. The first-order valence-corrected chi connectivity index (χ1v) is 7.43. The van der Waals surface area contributed by atoms with E-state index in [1.807, 2.05) is 0 Å². The van der Waals surface area contributed by atoms with Crippen LogP contribution in [0.25, 0.3) is 0 Å². The maximum Gasteiger partial charge on any atom is 0.174 e. The van der Waals surface area contributed by atoms with Gasteiger partial charge in [0.05, 0.1) is 15.3 Å². The largest absolute Gasteiger partial charge is 0.493 e. The zero-order valence-electron chi connectivity index (χ0n) is 21.8. The van der Waals surface area contributed by atoms with Crippen LogP contribution >= 0.6 is 0 Å². The number of benzene rings is 1. The van der Waals surface area contributed by atoms with Gasteiger partial charge >= 0.3 is 0 Å². The minimum Gasteiger partial charge on any atom is -0.493 e. The van der Waals surface area contributed by atoms with Crippen molar-refractivity contribution >= 4 is 5.78 Å². The lowest BCUT2D eigenvalue weighted by Gasteiger charge is -2.57. The fourth-order valence-electron chi connectivity index (χ4n) is 4.66. The molecule has 5 rings (SSSR count). The minimum absolute atomic E-state index is 0.0113. The fraction of sp³-hybridized carbons (Fsp3) is 0.611. The van der Waals surface area contributed by atoms with Crippen molar-refractivity contribution in [2.45, 2.75) is 43.2 Å². The zero-order chi connectivity index (χ0) is 23.6. The van der Waals surface area contributed by atoms with Gasteiger partial charge in [-0.2, -0.15) is 0 Å². The number of likely N-dealkylation sites (tertiary alicyclic amines) is 1. The van der Waals surface area contributed by atoms with Gasteiger partial charge in [-0.15, -0.1) is 0 Å². The zero-order valence-corrected chi connectivity index (χ0v) is 11.8. The molecule has 1 spiro atoms. The molecular formula is C18H21NO3. The van der Waals surface area contributed by atoms with E-state index in [0.29, 0.717) is 0 Å². The summed E-state index contributed by atoms with van der Waals surface area (Å²) < 4.78 is 92.6. The summed E-state index contributed by atoms with van der Waals surface area (Å²) in [5.74, 6) is -2.99. The van der Waals surface area contributed by atoms with Gasteiger partial charge in [-0.1, -0.05) is 6.04 Å². The lowest BCUT2D eigenvalue weighted by atomic mass is 9.52. The quantitative estimate of drug-likeness (QED) is 0.795. The van der Waals surface area contributed by atoms with Gasteiger partial charge in [0.25, 0.3) is 0 Å². The van der Waals surface area contributed by atoms with Crippen molar-refractivity contribution in [1.82, 2.24) is 4.90 Å². The first-order valence-electron chi connectivity index (χ1n) is 12.4. The van der Waals surface area contributed by atoms with Crippen molar-refractivity contribution in [1.29, 1.82) is 0 Å². The van der Waals surface area contributed by atoms with E-state index in [4.69, 9.17) is 21.8 Å². The van der Waals surface area contributed by atoms with Gasteiger partial charge in [0.1, 0.15) is 0 Å². The Morgan fingerprint density at radius 1 is 1.59 bits per heavy atom. The number of carbonyl (C=O) groups is 1. The number of rotatable bonds is 1. The van der Waals surface area contributed by atoms with Crippen LogP contribution in [0, 0.1) is 5.89 Å². The summed E-state index contributed by atoms with van der Waals surface area (Å²) in [7, 11) is -2.97. The monoisotopic (exact) mass is 309 g/mol. The molecular weight excluding hydrogens is 278 g/mol. The van der Waals surface area contributed by atoms with Crippen molar-refractivity contribution in [2.75, 3.05) is 20.6 Å². The number of hydrogen-bond donors (Lipinski definition) is 0. The molecule has 0 N–H and O–H groups in total. The Morgan fingerprint density at radius 3 is 3.41 bits per heavy atom. The van der Waals surface area contributed by atoms with Crippen LogP contribution in [0.2, 0.25) is 0 Å². The highest BCUT2D eigenvalue weighted by atomic mass is 16.5. The molecule has 0 aromatic heterocycles. The van der Waals surface area contributed by atoms with E-state index in [9.17, 15) is 6.17 Å². The highest BCUT2D eigenvalue weighted by Gasteiger charge is 2.65. The first kappa shape index (κ1) is 6.52. The molecule has 4 nitrogen and oxygen atoms in total. The number of nitrogens with zero attached hydrogens (tertiary/aromatic N) is 1. The number of ether oxygens (including phenoxy) is 2. The smallest absolute Gasteiger partial charge is 0.174 e. The summed E-state index contributed by atoms with van der Waals surface area (Å²) in [6.45, 7) is -2.55. The predicted molar refractivity (Wildman–Crippen MR) is 81.6 cm³/mol. The Labute approximate surface area is 144 Å². The van der Waals surface area contributed by atoms with Crippen molar-refractivity contribution in [2.24, 2.45) is 5.89 Å². The molecule has 2 heterocycles. The van der Waals surface area contributed by atoms with Crippen LogP contribution < -0.4 is 9.47 Å². The Hall–Kier alpha value is -1.55. The average Bonchev–Trinajstić information content (AvgIpc) is 2.91. The molecule has 4 atom stereocenters. The van der Waals surface area contributed by atoms with Gasteiger partial charge in [-0.25, -0.2) is 0 Å². The lowest BCUT2D eigenvalue weighted by Crippen LogP contribution is -2.65. The van der Waals surface area contributed by atoms with E-state index in [2.05, 4.69) is 0 Å². The normalized spacial score (nSPS) is 52.9. The maximum absolute atomic E-state index is 13.1. The molecule has 4 aliphatic rings. The number of likely N-dealkylation sites (N-methyl/N-ethyl adjacent to an activating group) is 1. The van der Waals surface area contributed by atoms with E-state index in [0.717, 1.165) is 0 Å². The Bertz CT molecular complexity index is 1060. The van der Waals surface area contributed by atoms with Gasteiger partial charge < -0.3 is 14.4 Å². The molecule has 2 aliphatic carbocycles. The van der Waals surface area contributed by atoms with Gasteiger partial charge in [0.2, 0.25) is 0 Å². The second-order valence-corrected chi connectivity index (χ2v) is 6.31. The van der Waals surface area contributed by atoms with E-state index < -0.39 is 55.0 Å². The van der Waals surface area contributed by atoms with E-state index in [-0.39, 0.29) is 55.1 Å². The topological polar surface area (TPSA) is 38.8 Å². The molecule has 116 valence electrons. The molecule has 0 radical (unpaired) electrons. The SMILES string of the molecule is [2H]c1c([2H])c(OC([2H])([2H])[2H])c2c3c1C[C@H]1N(C([2H])([2H])[2H])CC[C@@]34C([2H])(O2)C(=O)CC[C@@]14[2H]. The molecule has 1 unspecified atom stereocenters. The molecule has 22 heavy (non-hydrogen) atoms. The molecule has 0 amide bonds. The highest BCUT2D eigenvalue weighted by molar-refractivity contribution is 5.89. The number of ketones is 1. The number of hydrogen-bond acceptors (Lipinski definition) is 4. The molecule has 4 heteroatoms. The third-order valence-electron chi connectivity index (χ3n) is 5.51. The molecule has 1 aromatic rings. The van der Waals surface area contributed by atoms with Crippen LogP contribution in [0.5, 0.6) is 11.5 Å². The molecule has 1 aromatic carbocycles. The van der Waals surface area contributed by atoms with Crippen molar-refractivity contribution in [3.8, 4) is 11.5 Å². The van der Waals surface area contributed by atoms with Gasteiger partial charge in [0.15, 0.2) is 23.4 Å². The van der Waals surface area contributed by atoms with Crippen LogP contribution in [0.15, 0.2) is 12.1 Å². The van der Waals surface area contributed by atoms with Crippen molar-refractivity contribution in [3.63, 3.8) is 0 Å². The Kier molecular flexibility index (Phi) is 1.20. The van der Waals surface area contributed by atoms with Crippen LogP contribution in [-0.4, -0.2) is 43.4 Å². The minimum atomic E-state index is -2.97. The summed E-state index contributed by atoms with van der Waals surface area (Å²) in [5.41, 5.74) is -1.19. The van der Waals surface area contributed by atoms with Crippen molar-refractivity contribution < 1.29 is 28.0 Å². The van der Waals surface area contributed by atoms with Crippen molar-refractivity contribution in [3.05, 3.63) is 23.2 Å². The molecule has 2 aliphatic heterocycles. The Morgan fingerprint density at radius 2 is 2.55 bits per heavy atom. The average molecular weight is 309 g/mol. The van der Waals surface area contributed by atoms with E-state index >= 15 is 0 Å². The second-order valence-electron chi connectivity index (χ2n) is 6.31. The highest BCUT2D eigenvalue weighted by Crippen LogP contribution is 2.62. The standard InChI is InChI=1S/C18H21NO3/c1-19-8-7-18-11-4-5-13(20)17(18)22-16-14(21-2)6-3-10(15(16)18)9-12(11)19/h3,6,11-12,17H,4-5,7-9H2,1-2H3/t11-,12+,17?,18-/m0/s1/i1D3,2D3,3D,6D,11D,17D. The number of methoxy groups -OCH3 is 1. The van der Waals surface area contributed by atoms with E-state index in [1.54, 1.807) is 0 Å². The summed E-state index contributed by atoms with van der Waals surface area (Å²) in [6.07, 6.45) is -2.57. The fourth-order valence-corrected chi connectivity index (χ4v) is 4.66. The summed E-state index contributed by atoms with van der Waals surface area (Å²) in [4.78, 5) is 14.3. The Balaban J connectivity index is 1.86. The second kappa shape index (κ2) is 4.05. The third-order valence-corrected chi connectivity index (χ3v) is 5.51.